The Morgan fingerprint density at radius 1 is 1.27 bits per heavy atom. The highest BCUT2D eigenvalue weighted by Crippen LogP contribution is 2.30. The van der Waals surface area contributed by atoms with Crippen LogP contribution >= 0.6 is 0 Å². The van der Waals surface area contributed by atoms with Crippen molar-refractivity contribution < 1.29 is 27.5 Å². The average Bonchev–Trinajstić information content (AvgIpc) is 2.54. The van der Waals surface area contributed by atoms with Gasteiger partial charge in [0.15, 0.2) is 6.10 Å². The zero-order chi connectivity index (χ0) is 19.6. The molecule has 0 unspecified atom stereocenters. The molecule has 0 aliphatic rings. The summed E-state index contributed by atoms with van der Waals surface area (Å²) in [6, 6.07) is 5.24. The number of esters is 1. The normalized spacial score (nSPS) is 12.5. The van der Waals surface area contributed by atoms with E-state index in [0.29, 0.717) is 0 Å². The Balaban J connectivity index is 2.50. The molecule has 0 saturated carbocycles. The van der Waals surface area contributed by atoms with Crippen molar-refractivity contribution in [3.63, 3.8) is 0 Å². The van der Waals surface area contributed by atoms with E-state index in [1.165, 1.54) is 26.0 Å². The summed E-state index contributed by atoms with van der Waals surface area (Å²) in [5.41, 5.74) is 2.78. The highest BCUT2D eigenvalue weighted by Gasteiger charge is 2.30. The van der Waals surface area contributed by atoms with Crippen LogP contribution in [-0.2, 0) is 15.7 Å². The molecule has 10 heteroatoms. The van der Waals surface area contributed by atoms with Crippen LogP contribution in [0.3, 0.4) is 0 Å². The van der Waals surface area contributed by atoms with Crippen molar-refractivity contribution in [2.24, 2.45) is 5.73 Å². The molecule has 1 heterocycles. The molecule has 138 valence electrons. The first-order valence-electron chi connectivity index (χ1n) is 7.29. The van der Waals surface area contributed by atoms with Crippen molar-refractivity contribution in [2.45, 2.75) is 26.1 Å². The molecular weight excluding hydrogens is 355 g/mol. The van der Waals surface area contributed by atoms with E-state index in [4.69, 9.17) is 10.5 Å². The van der Waals surface area contributed by atoms with Crippen LogP contribution in [0.2, 0.25) is 0 Å². The maximum Gasteiger partial charge on any atom is 0.416 e. The fourth-order valence-electron chi connectivity index (χ4n) is 2.04. The number of aromatic nitrogens is 2. The fourth-order valence-corrected chi connectivity index (χ4v) is 2.04. The minimum atomic E-state index is -4.57. The predicted octanol–water partition coefficient (Wildman–Crippen LogP) is 1.59. The third kappa shape index (κ3) is 4.08. The Morgan fingerprint density at radius 3 is 2.50 bits per heavy atom. The van der Waals surface area contributed by atoms with Gasteiger partial charge in [0.1, 0.15) is 0 Å². The van der Waals surface area contributed by atoms with Crippen molar-refractivity contribution in [1.29, 1.82) is 0 Å². The summed E-state index contributed by atoms with van der Waals surface area (Å²) in [6.45, 7) is 2.65. The summed E-state index contributed by atoms with van der Waals surface area (Å²) in [6.07, 6.45) is -5.87. The number of nitrogens with two attached hydrogens (primary N) is 1. The summed E-state index contributed by atoms with van der Waals surface area (Å²) in [5.74, 6) is -2.13. The van der Waals surface area contributed by atoms with Gasteiger partial charge >= 0.3 is 12.1 Å². The molecule has 1 atom stereocenters. The molecule has 0 radical (unpaired) electrons. The van der Waals surface area contributed by atoms with Crippen LogP contribution in [0.4, 0.5) is 13.2 Å². The fraction of sp³-hybridized carbons (Fsp3) is 0.250. The smallest absolute Gasteiger partial charge is 0.416 e. The first-order valence-corrected chi connectivity index (χ1v) is 7.29. The predicted molar refractivity (Wildman–Crippen MR) is 83.6 cm³/mol. The number of aryl methyl sites for hydroxylation is 1. The van der Waals surface area contributed by atoms with Crippen molar-refractivity contribution in [3.8, 4) is 5.69 Å². The Labute approximate surface area is 145 Å². The SMILES string of the molecule is Cc1cc(=O)c(C(=O)O[C@H](C)C(N)=O)nn1-c1cccc(C(F)(F)F)c1. The quantitative estimate of drug-likeness (QED) is 0.824. The van der Waals surface area contributed by atoms with Gasteiger partial charge in [-0.15, -0.1) is 0 Å². The molecule has 0 bridgehead atoms. The summed E-state index contributed by atoms with van der Waals surface area (Å²) in [7, 11) is 0. The Bertz CT molecular complexity index is 922. The maximum absolute atomic E-state index is 12.9. The molecule has 0 spiro atoms. The number of carbonyl (C=O) groups excluding carboxylic acids is 2. The van der Waals surface area contributed by atoms with Crippen LogP contribution in [0.5, 0.6) is 0 Å². The number of alkyl halides is 3. The van der Waals surface area contributed by atoms with E-state index in [9.17, 15) is 27.6 Å². The number of amides is 1. The second-order valence-corrected chi connectivity index (χ2v) is 5.41. The number of ether oxygens (including phenoxy) is 1. The monoisotopic (exact) mass is 369 g/mol. The molecule has 0 fully saturated rings. The van der Waals surface area contributed by atoms with Gasteiger partial charge in [-0.25, -0.2) is 9.48 Å². The minimum Gasteiger partial charge on any atom is -0.448 e. The molecule has 0 aliphatic heterocycles. The summed E-state index contributed by atoms with van der Waals surface area (Å²) < 4.78 is 44.4. The van der Waals surface area contributed by atoms with Crippen molar-refractivity contribution in [2.75, 3.05) is 0 Å². The molecule has 2 rings (SSSR count). The number of hydrogen-bond acceptors (Lipinski definition) is 5. The van der Waals surface area contributed by atoms with Crippen LogP contribution in [-0.4, -0.2) is 27.8 Å². The van der Waals surface area contributed by atoms with Crippen LogP contribution in [0.25, 0.3) is 5.69 Å². The Hall–Kier alpha value is -3.17. The summed E-state index contributed by atoms with van der Waals surface area (Å²) >= 11 is 0. The van der Waals surface area contributed by atoms with Gasteiger partial charge in [-0.2, -0.15) is 18.3 Å². The van der Waals surface area contributed by atoms with Crippen LogP contribution < -0.4 is 11.2 Å². The second-order valence-electron chi connectivity index (χ2n) is 5.41. The third-order valence-electron chi connectivity index (χ3n) is 3.40. The van der Waals surface area contributed by atoms with E-state index in [1.807, 2.05) is 0 Å². The largest absolute Gasteiger partial charge is 0.448 e. The number of hydrogen-bond donors (Lipinski definition) is 1. The zero-order valence-electron chi connectivity index (χ0n) is 13.7. The number of nitrogens with zero attached hydrogens (tertiary/aromatic N) is 2. The molecular formula is C16H14F3N3O4. The zero-order valence-corrected chi connectivity index (χ0v) is 13.7. The van der Waals surface area contributed by atoms with Gasteiger partial charge in [-0.05, 0) is 32.0 Å². The first kappa shape index (κ1) is 19.2. The molecule has 0 saturated heterocycles. The van der Waals surface area contributed by atoms with Crippen molar-refractivity contribution >= 4 is 11.9 Å². The van der Waals surface area contributed by atoms with E-state index >= 15 is 0 Å². The molecule has 7 nitrogen and oxygen atoms in total. The maximum atomic E-state index is 12.9. The number of halogens is 3. The van der Waals surface area contributed by atoms with Gasteiger partial charge in [-0.3, -0.25) is 9.59 Å². The van der Waals surface area contributed by atoms with Crippen molar-refractivity contribution in [1.82, 2.24) is 9.78 Å². The lowest BCUT2D eigenvalue weighted by Gasteiger charge is -2.14. The highest BCUT2D eigenvalue weighted by molar-refractivity contribution is 5.90. The minimum absolute atomic E-state index is 0.00525. The second kappa shape index (κ2) is 6.98. The van der Waals surface area contributed by atoms with E-state index in [1.54, 1.807) is 0 Å². The average molecular weight is 369 g/mol. The first-order chi connectivity index (χ1) is 12.0. The molecule has 2 aromatic rings. The van der Waals surface area contributed by atoms with Crippen LogP contribution in [0.1, 0.15) is 28.7 Å². The number of benzene rings is 1. The standard InChI is InChI=1S/C16H14F3N3O4/c1-8-6-12(23)13(15(25)26-9(2)14(20)24)21-22(8)11-5-3-4-10(7-11)16(17,18)19/h3-7,9H,1-2H3,(H2,20,24)/t9-/m1/s1. The highest BCUT2D eigenvalue weighted by atomic mass is 19.4. The number of primary amides is 1. The van der Waals surface area contributed by atoms with Gasteiger partial charge < -0.3 is 10.5 Å². The Kier molecular flexibility index (Phi) is 5.15. The van der Waals surface area contributed by atoms with E-state index in [0.717, 1.165) is 22.9 Å². The molecule has 26 heavy (non-hydrogen) atoms. The van der Waals surface area contributed by atoms with E-state index in [-0.39, 0.29) is 11.4 Å². The lowest BCUT2D eigenvalue weighted by molar-refractivity contribution is -0.137. The molecule has 1 aromatic heterocycles. The number of rotatable bonds is 4. The van der Waals surface area contributed by atoms with E-state index < -0.39 is 40.8 Å². The lowest BCUT2D eigenvalue weighted by atomic mass is 10.2. The van der Waals surface area contributed by atoms with E-state index in [2.05, 4.69) is 5.10 Å². The molecule has 2 N–H and O–H groups in total. The Morgan fingerprint density at radius 2 is 1.92 bits per heavy atom. The van der Waals surface area contributed by atoms with Gasteiger partial charge in [0.05, 0.1) is 11.3 Å². The summed E-state index contributed by atoms with van der Waals surface area (Å²) in [4.78, 5) is 34.9. The van der Waals surface area contributed by atoms with Crippen LogP contribution in [0.15, 0.2) is 35.1 Å². The van der Waals surface area contributed by atoms with Gasteiger partial charge in [0, 0.05) is 11.8 Å². The topological polar surface area (TPSA) is 104 Å². The molecule has 0 aliphatic carbocycles. The lowest BCUT2D eigenvalue weighted by Crippen LogP contribution is -2.33. The van der Waals surface area contributed by atoms with Gasteiger partial charge in [-0.1, -0.05) is 6.07 Å². The van der Waals surface area contributed by atoms with Gasteiger partial charge in [0.2, 0.25) is 11.1 Å². The third-order valence-corrected chi connectivity index (χ3v) is 3.40. The number of carbonyl (C=O) groups is 2. The van der Waals surface area contributed by atoms with Crippen LogP contribution in [0, 0.1) is 6.92 Å². The molecule has 1 aromatic carbocycles. The molecule has 1 amide bonds. The summed E-state index contributed by atoms with van der Waals surface area (Å²) in [5, 5.41) is 3.79. The van der Waals surface area contributed by atoms with Crippen molar-refractivity contribution in [3.05, 3.63) is 57.5 Å². The van der Waals surface area contributed by atoms with Gasteiger partial charge in [0.25, 0.3) is 5.91 Å².